The Balaban J connectivity index is 1.89. The van der Waals surface area contributed by atoms with Crippen LogP contribution in [-0.4, -0.2) is 40.8 Å². The summed E-state index contributed by atoms with van der Waals surface area (Å²) in [4.78, 5) is 31.7. The van der Waals surface area contributed by atoms with E-state index in [4.69, 9.17) is 9.47 Å². The number of ether oxygens (including phenoxy) is 2. The third-order valence-electron chi connectivity index (χ3n) is 5.30. The fourth-order valence-electron chi connectivity index (χ4n) is 3.79. The smallest absolute Gasteiger partial charge is 0.341 e. The molecule has 7 nitrogen and oxygen atoms in total. The number of rotatable bonds is 5. The number of carbonyl (C=O) groups is 2. The van der Waals surface area contributed by atoms with Crippen LogP contribution in [0.5, 0.6) is 5.75 Å². The number of halogens is 1. The van der Waals surface area contributed by atoms with Gasteiger partial charge < -0.3 is 19.5 Å². The summed E-state index contributed by atoms with van der Waals surface area (Å²) in [5.74, 6) is -1.84. The lowest BCUT2D eigenvalue weighted by atomic mass is 9.92. The number of carbonyl (C=O) groups excluding carboxylic acids is 2. The minimum absolute atomic E-state index is 0.0286. The van der Waals surface area contributed by atoms with Gasteiger partial charge in [-0.1, -0.05) is 17.8 Å². The molecule has 33 heavy (non-hydrogen) atoms. The molecule has 0 amide bonds. The van der Waals surface area contributed by atoms with E-state index in [9.17, 15) is 19.1 Å². The lowest BCUT2D eigenvalue weighted by Gasteiger charge is -2.36. The molecular weight excluding hydrogens is 447 g/mol. The largest absolute Gasteiger partial charge is 0.507 e. The first-order chi connectivity index (χ1) is 15.8. The number of allylic oxidation sites excluding steroid dienone is 1. The van der Waals surface area contributed by atoms with E-state index in [1.807, 2.05) is 10.3 Å². The van der Waals surface area contributed by atoms with Gasteiger partial charge in [0.05, 0.1) is 36.7 Å². The first-order valence-corrected chi connectivity index (χ1v) is 11.0. The van der Waals surface area contributed by atoms with Crippen molar-refractivity contribution >= 4 is 34.6 Å². The van der Waals surface area contributed by atoms with E-state index in [1.54, 1.807) is 32.0 Å². The first kappa shape index (κ1) is 22.6. The average Bonchev–Trinajstić information content (AvgIpc) is 3.22. The van der Waals surface area contributed by atoms with Crippen molar-refractivity contribution in [3.05, 3.63) is 81.7 Å². The van der Waals surface area contributed by atoms with Crippen LogP contribution in [0.3, 0.4) is 0 Å². The molecule has 2 aliphatic rings. The Morgan fingerprint density at radius 3 is 2.58 bits per heavy atom. The number of thioether (sulfide) groups is 1. The number of methoxy groups -OCH3 is 1. The number of benzene rings is 2. The zero-order valence-corrected chi connectivity index (χ0v) is 19.0. The highest BCUT2D eigenvalue weighted by Gasteiger charge is 2.41. The normalized spacial score (nSPS) is 17.3. The second kappa shape index (κ2) is 9.11. The summed E-state index contributed by atoms with van der Waals surface area (Å²) < 4.78 is 23.7. The maximum Gasteiger partial charge on any atom is 0.341 e. The van der Waals surface area contributed by atoms with Crippen LogP contribution in [0.1, 0.15) is 41.4 Å². The van der Waals surface area contributed by atoms with E-state index >= 15 is 0 Å². The molecule has 0 spiro atoms. The lowest BCUT2D eigenvalue weighted by molar-refractivity contribution is -0.139. The molecule has 0 fully saturated rings. The van der Waals surface area contributed by atoms with Crippen molar-refractivity contribution in [2.45, 2.75) is 19.9 Å². The topological polar surface area (TPSA) is 88.4 Å². The van der Waals surface area contributed by atoms with E-state index in [0.29, 0.717) is 27.7 Å². The van der Waals surface area contributed by atoms with Gasteiger partial charge in [0.2, 0.25) is 0 Å². The standard InChI is InChI=1S/C24H21FN2O5S/c1-4-32-23(30)20-13(2)26-24-27(18(12-33-24)14-5-8-16(25)9-6-14)21(20)15-7-10-19(28)17(11-15)22(29)31-3/h5-12,21,28H,4H2,1-3H3. The Morgan fingerprint density at radius 1 is 1.18 bits per heavy atom. The minimum Gasteiger partial charge on any atom is -0.507 e. The number of hydrogen-bond donors (Lipinski definition) is 1. The van der Waals surface area contributed by atoms with Crippen LogP contribution in [0.15, 0.2) is 64.1 Å². The highest BCUT2D eigenvalue weighted by atomic mass is 32.2. The molecule has 9 heteroatoms. The third kappa shape index (κ3) is 4.11. The second-order valence-electron chi connectivity index (χ2n) is 7.28. The second-order valence-corrected chi connectivity index (χ2v) is 8.12. The number of esters is 2. The summed E-state index contributed by atoms with van der Waals surface area (Å²) in [5, 5.41) is 12.7. The molecule has 0 aliphatic carbocycles. The zero-order valence-electron chi connectivity index (χ0n) is 18.2. The Bertz CT molecular complexity index is 1220. The van der Waals surface area contributed by atoms with Crippen LogP contribution in [0.2, 0.25) is 0 Å². The molecule has 0 aromatic heterocycles. The average molecular weight is 469 g/mol. The molecule has 2 heterocycles. The molecule has 4 rings (SSSR count). The van der Waals surface area contributed by atoms with Gasteiger partial charge in [-0.15, -0.1) is 0 Å². The monoisotopic (exact) mass is 468 g/mol. The zero-order chi connectivity index (χ0) is 23.7. The van der Waals surface area contributed by atoms with Crippen LogP contribution in [-0.2, 0) is 14.3 Å². The number of fused-ring (bicyclic) bond motifs is 1. The Kier molecular flexibility index (Phi) is 6.24. The number of hydrogen-bond acceptors (Lipinski definition) is 8. The van der Waals surface area contributed by atoms with E-state index in [0.717, 1.165) is 5.56 Å². The highest BCUT2D eigenvalue weighted by molar-refractivity contribution is 8.16. The Hall–Kier alpha value is -3.59. The van der Waals surface area contributed by atoms with E-state index in [1.165, 1.54) is 43.1 Å². The number of phenolic OH excluding ortho intramolecular Hbond substituents is 1. The molecule has 2 aromatic carbocycles. The molecule has 1 N–H and O–H groups in total. The van der Waals surface area contributed by atoms with Gasteiger partial charge in [-0.3, -0.25) is 0 Å². The van der Waals surface area contributed by atoms with Crippen LogP contribution < -0.4 is 0 Å². The third-order valence-corrected chi connectivity index (χ3v) is 6.14. The van der Waals surface area contributed by atoms with Gasteiger partial charge in [0, 0.05) is 5.41 Å². The van der Waals surface area contributed by atoms with Crippen LogP contribution in [0, 0.1) is 5.82 Å². The van der Waals surface area contributed by atoms with Crippen LogP contribution >= 0.6 is 11.8 Å². The van der Waals surface area contributed by atoms with E-state index in [-0.39, 0.29) is 23.7 Å². The fraction of sp³-hybridized carbons (Fsp3) is 0.208. The lowest BCUT2D eigenvalue weighted by Crippen LogP contribution is -2.36. The summed E-state index contributed by atoms with van der Waals surface area (Å²) >= 11 is 1.37. The van der Waals surface area contributed by atoms with Gasteiger partial charge in [-0.25, -0.2) is 19.0 Å². The predicted octanol–water partition coefficient (Wildman–Crippen LogP) is 4.61. The summed E-state index contributed by atoms with van der Waals surface area (Å²) in [6.07, 6.45) is 0. The summed E-state index contributed by atoms with van der Waals surface area (Å²) in [6.45, 7) is 3.62. The SMILES string of the molecule is CCOC(=O)C1=C(C)N=C2SC=C(c3ccc(F)cc3)N2C1c1ccc(O)c(C(=O)OC)c1. The number of aromatic hydroxyl groups is 1. The predicted molar refractivity (Wildman–Crippen MR) is 123 cm³/mol. The number of amidine groups is 1. The van der Waals surface area contributed by atoms with Crippen molar-refractivity contribution in [3.63, 3.8) is 0 Å². The molecule has 0 saturated carbocycles. The molecule has 0 saturated heterocycles. The Morgan fingerprint density at radius 2 is 1.91 bits per heavy atom. The van der Waals surface area contributed by atoms with Crippen molar-refractivity contribution < 1.29 is 28.6 Å². The van der Waals surface area contributed by atoms with Gasteiger partial charge in [-0.2, -0.15) is 0 Å². The number of phenols is 1. The number of aliphatic imine (C=N–C) groups is 1. The molecule has 0 radical (unpaired) electrons. The minimum atomic E-state index is -0.706. The fourth-order valence-corrected chi connectivity index (χ4v) is 4.77. The van der Waals surface area contributed by atoms with Gasteiger partial charge in [-0.05, 0) is 61.4 Å². The first-order valence-electron chi connectivity index (χ1n) is 10.2. The quantitative estimate of drug-likeness (QED) is 0.641. The van der Waals surface area contributed by atoms with Gasteiger partial charge >= 0.3 is 11.9 Å². The summed E-state index contributed by atoms with van der Waals surface area (Å²) in [7, 11) is 1.22. The molecule has 1 unspecified atom stereocenters. The number of nitrogens with zero attached hydrogens (tertiary/aromatic N) is 2. The molecule has 2 aliphatic heterocycles. The van der Waals surface area contributed by atoms with Crippen LogP contribution in [0.4, 0.5) is 4.39 Å². The molecule has 2 aromatic rings. The van der Waals surface area contributed by atoms with Gasteiger partial charge in [0.1, 0.15) is 17.1 Å². The van der Waals surface area contributed by atoms with Crippen molar-refractivity contribution in [3.8, 4) is 5.75 Å². The maximum absolute atomic E-state index is 13.5. The van der Waals surface area contributed by atoms with Crippen molar-refractivity contribution in [1.29, 1.82) is 0 Å². The van der Waals surface area contributed by atoms with Gasteiger partial charge in [0.15, 0.2) is 5.17 Å². The Labute approximate surface area is 194 Å². The van der Waals surface area contributed by atoms with Gasteiger partial charge in [0.25, 0.3) is 0 Å². The summed E-state index contributed by atoms with van der Waals surface area (Å²) in [6, 6.07) is 9.82. The van der Waals surface area contributed by atoms with E-state index < -0.39 is 18.0 Å². The maximum atomic E-state index is 13.5. The van der Waals surface area contributed by atoms with Crippen LogP contribution in [0.25, 0.3) is 5.70 Å². The summed E-state index contributed by atoms with van der Waals surface area (Å²) in [5.41, 5.74) is 2.76. The van der Waals surface area contributed by atoms with Crippen molar-refractivity contribution in [2.75, 3.05) is 13.7 Å². The van der Waals surface area contributed by atoms with E-state index in [2.05, 4.69) is 4.99 Å². The van der Waals surface area contributed by atoms with Crippen molar-refractivity contribution in [1.82, 2.24) is 4.90 Å². The molecule has 170 valence electrons. The molecule has 0 bridgehead atoms. The molecular formula is C24H21FN2O5S. The highest BCUT2D eigenvalue weighted by Crippen LogP contribution is 2.47. The molecule has 1 atom stereocenters. The van der Waals surface area contributed by atoms with Crippen molar-refractivity contribution in [2.24, 2.45) is 4.99 Å².